The van der Waals surface area contributed by atoms with E-state index >= 15 is 0 Å². The van der Waals surface area contributed by atoms with Crippen molar-refractivity contribution in [2.24, 2.45) is 0 Å². The molecule has 2 N–H and O–H groups in total. The SMILES string of the molecule is CS(=O)(=O)NC(=O)c1ccc(OCc2ccc(Cl)cc2)c(NC(=O)c2ccccc2)c1. The quantitative estimate of drug-likeness (QED) is 0.559. The molecule has 0 aromatic heterocycles. The van der Waals surface area contributed by atoms with Gasteiger partial charge in [-0.1, -0.05) is 41.9 Å². The number of halogens is 1. The molecule has 7 nitrogen and oxygen atoms in total. The monoisotopic (exact) mass is 458 g/mol. The molecule has 0 aliphatic carbocycles. The van der Waals surface area contributed by atoms with Gasteiger partial charge in [-0.15, -0.1) is 0 Å². The molecule has 0 aliphatic heterocycles. The molecule has 31 heavy (non-hydrogen) atoms. The Kier molecular flexibility index (Phi) is 6.94. The third kappa shape index (κ3) is 6.56. The molecule has 0 fully saturated rings. The zero-order valence-electron chi connectivity index (χ0n) is 16.5. The first-order valence-corrected chi connectivity index (χ1v) is 11.4. The van der Waals surface area contributed by atoms with Gasteiger partial charge in [0, 0.05) is 16.1 Å². The van der Waals surface area contributed by atoms with Crippen LogP contribution in [0.15, 0.2) is 72.8 Å². The van der Waals surface area contributed by atoms with Crippen LogP contribution in [-0.4, -0.2) is 26.5 Å². The van der Waals surface area contributed by atoms with E-state index in [4.69, 9.17) is 16.3 Å². The summed E-state index contributed by atoms with van der Waals surface area (Å²) in [6.07, 6.45) is 0.882. The van der Waals surface area contributed by atoms with Gasteiger partial charge in [0.25, 0.3) is 11.8 Å². The van der Waals surface area contributed by atoms with Gasteiger partial charge in [-0.25, -0.2) is 13.1 Å². The number of hydrogen-bond donors (Lipinski definition) is 2. The summed E-state index contributed by atoms with van der Waals surface area (Å²) in [5.74, 6) is -0.908. The summed E-state index contributed by atoms with van der Waals surface area (Å²) in [5, 5.41) is 3.31. The van der Waals surface area contributed by atoms with Crippen molar-refractivity contribution in [1.29, 1.82) is 0 Å². The first kappa shape index (κ1) is 22.3. The van der Waals surface area contributed by atoms with Crippen molar-refractivity contribution in [1.82, 2.24) is 4.72 Å². The van der Waals surface area contributed by atoms with Crippen LogP contribution in [0.5, 0.6) is 5.75 Å². The number of rotatable bonds is 7. The summed E-state index contributed by atoms with van der Waals surface area (Å²) >= 11 is 5.89. The van der Waals surface area contributed by atoms with Gasteiger partial charge in [0.1, 0.15) is 12.4 Å². The highest BCUT2D eigenvalue weighted by Crippen LogP contribution is 2.28. The Morgan fingerprint density at radius 1 is 0.903 bits per heavy atom. The lowest BCUT2D eigenvalue weighted by molar-refractivity contribution is 0.0979. The van der Waals surface area contributed by atoms with Gasteiger partial charge in [0.05, 0.1) is 11.9 Å². The van der Waals surface area contributed by atoms with E-state index in [0.717, 1.165) is 11.8 Å². The number of ether oxygens (including phenoxy) is 1. The van der Waals surface area contributed by atoms with Crippen LogP contribution in [0.2, 0.25) is 5.02 Å². The van der Waals surface area contributed by atoms with Crippen molar-refractivity contribution in [2.75, 3.05) is 11.6 Å². The molecule has 9 heteroatoms. The fourth-order valence-electron chi connectivity index (χ4n) is 2.65. The number of anilines is 1. The van der Waals surface area contributed by atoms with Gasteiger partial charge in [-0.3, -0.25) is 9.59 Å². The normalized spacial score (nSPS) is 10.9. The summed E-state index contributed by atoms with van der Waals surface area (Å²) in [7, 11) is -3.74. The van der Waals surface area contributed by atoms with E-state index in [0.29, 0.717) is 16.3 Å². The van der Waals surface area contributed by atoms with E-state index in [1.807, 2.05) is 4.72 Å². The third-order valence-electron chi connectivity index (χ3n) is 4.11. The lowest BCUT2D eigenvalue weighted by Crippen LogP contribution is -2.29. The molecule has 0 aliphatic rings. The molecule has 0 saturated heterocycles. The zero-order chi connectivity index (χ0) is 22.4. The van der Waals surface area contributed by atoms with Gasteiger partial charge in [-0.2, -0.15) is 0 Å². The molecular weight excluding hydrogens is 440 g/mol. The maximum Gasteiger partial charge on any atom is 0.264 e. The maximum atomic E-state index is 12.6. The smallest absolute Gasteiger partial charge is 0.264 e. The van der Waals surface area contributed by atoms with Crippen LogP contribution in [0.4, 0.5) is 5.69 Å². The number of hydrogen-bond acceptors (Lipinski definition) is 5. The van der Waals surface area contributed by atoms with Crippen molar-refractivity contribution in [3.8, 4) is 5.75 Å². The van der Waals surface area contributed by atoms with E-state index in [1.165, 1.54) is 18.2 Å². The van der Waals surface area contributed by atoms with E-state index in [-0.39, 0.29) is 17.9 Å². The van der Waals surface area contributed by atoms with Crippen LogP contribution in [-0.2, 0) is 16.6 Å². The second-order valence-corrected chi connectivity index (χ2v) is 8.83. The Labute approximate surface area is 185 Å². The second-order valence-electron chi connectivity index (χ2n) is 6.65. The molecule has 0 bridgehead atoms. The average molecular weight is 459 g/mol. The molecule has 0 atom stereocenters. The summed E-state index contributed by atoms with van der Waals surface area (Å²) < 4.78 is 30.5. The van der Waals surface area contributed by atoms with Crippen LogP contribution in [0.1, 0.15) is 26.3 Å². The summed E-state index contributed by atoms with van der Waals surface area (Å²) in [6.45, 7) is 0.195. The highest BCUT2D eigenvalue weighted by atomic mass is 35.5. The predicted octanol–water partition coefficient (Wildman–Crippen LogP) is 3.86. The molecule has 3 aromatic carbocycles. The van der Waals surface area contributed by atoms with Crippen LogP contribution in [0, 0.1) is 0 Å². The molecule has 3 rings (SSSR count). The van der Waals surface area contributed by atoms with Gasteiger partial charge >= 0.3 is 0 Å². The topological polar surface area (TPSA) is 102 Å². The number of carbonyl (C=O) groups excluding carboxylic acids is 2. The van der Waals surface area contributed by atoms with Gasteiger partial charge in [0.15, 0.2) is 0 Å². The van der Waals surface area contributed by atoms with Gasteiger partial charge in [0.2, 0.25) is 10.0 Å². The molecule has 160 valence electrons. The zero-order valence-corrected chi connectivity index (χ0v) is 18.0. The van der Waals surface area contributed by atoms with Crippen LogP contribution in [0.3, 0.4) is 0 Å². The number of benzene rings is 3. The van der Waals surface area contributed by atoms with Crippen molar-refractivity contribution in [2.45, 2.75) is 6.61 Å². The van der Waals surface area contributed by atoms with Gasteiger partial charge in [-0.05, 0) is 48.0 Å². The first-order chi connectivity index (χ1) is 14.7. The van der Waals surface area contributed by atoms with Gasteiger partial charge < -0.3 is 10.1 Å². The fourth-order valence-corrected chi connectivity index (χ4v) is 3.23. The lowest BCUT2D eigenvalue weighted by atomic mass is 10.1. The van der Waals surface area contributed by atoms with E-state index in [9.17, 15) is 18.0 Å². The highest BCUT2D eigenvalue weighted by Gasteiger charge is 2.16. The second kappa shape index (κ2) is 9.63. The summed E-state index contributed by atoms with van der Waals surface area (Å²) in [5.41, 5.74) is 1.54. The minimum Gasteiger partial charge on any atom is -0.487 e. The van der Waals surface area contributed by atoms with Crippen LogP contribution in [0.25, 0.3) is 0 Å². The molecule has 0 spiro atoms. The largest absolute Gasteiger partial charge is 0.487 e. The first-order valence-electron chi connectivity index (χ1n) is 9.11. The summed E-state index contributed by atoms with van der Waals surface area (Å²) in [4.78, 5) is 24.8. The number of nitrogens with one attached hydrogen (secondary N) is 2. The van der Waals surface area contributed by atoms with Crippen LogP contribution >= 0.6 is 11.6 Å². The maximum absolute atomic E-state index is 12.6. The molecule has 3 aromatic rings. The third-order valence-corrected chi connectivity index (χ3v) is 4.92. The van der Waals surface area contributed by atoms with E-state index in [1.54, 1.807) is 54.6 Å². The van der Waals surface area contributed by atoms with Crippen molar-refractivity contribution in [3.05, 3.63) is 94.5 Å². The number of amides is 2. The Hall–Kier alpha value is -3.36. The average Bonchev–Trinajstić information content (AvgIpc) is 2.73. The van der Waals surface area contributed by atoms with Crippen molar-refractivity contribution in [3.63, 3.8) is 0 Å². The molecule has 0 radical (unpaired) electrons. The fraction of sp³-hybridized carbons (Fsp3) is 0.0909. The minimum absolute atomic E-state index is 0.0487. The van der Waals surface area contributed by atoms with E-state index in [2.05, 4.69) is 5.32 Å². The van der Waals surface area contributed by atoms with E-state index < -0.39 is 21.8 Å². The predicted molar refractivity (Wildman–Crippen MR) is 119 cm³/mol. The number of carbonyl (C=O) groups is 2. The molecule has 0 heterocycles. The van der Waals surface area contributed by atoms with Crippen LogP contribution < -0.4 is 14.8 Å². The lowest BCUT2D eigenvalue weighted by Gasteiger charge is -2.14. The number of sulfonamides is 1. The Morgan fingerprint density at radius 2 is 1.58 bits per heavy atom. The Balaban J connectivity index is 1.87. The molecule has 0 unspecified atom stereocenters. The molecule has 0 saturated carbocycles. The standard InChI is InChI=1S/C22H19ClN2O5S/c1-31(28,29)25-22(27)17-9-12-20(30-14-15-7-10-18(23)11-8-15)19(13-17)24-21(26)16-5-3-2-4-6-16/h2-13H,14H2,1H3,(H,24,26)(H,25,27). The Bertz CT molecular complexity index is 1200. The molecular formula is C22H19ClN2O5S. The Morgan fingerprint density at radius 3 is 2.23 bits per heavy atom. The molecule has 2 amide bonds. The summed E-state index contributed by atoms with van der Waals surface area (Å²) in [6, 6.07) is 19.9. The highest BCUT2D eigenvalue weighted by molar-refractivity contribution is 7.89. The van der Waals surface area contributed by atoms with Crippen molar-refractivity contribution < 1.29 is 22.7 Å². The van der Waals surface area contributed by atoms with Crippen molar-refractivity contribution >= 4 is 39.1 Å². The minimum atomic E-state index is -3.74.